The number of carbonyl (C=O) groups excluding carboxylic acids is 1. The first kappa shape index (κ1) is 19.3. The van der Waals surface area contributed by atoms with Crippen LogP contribution in [-0.2, 0) is 19.6 Å². The third-order valence-electron chi connectivity index (χ3n) is 5.12. The van der Waals surface area contributed by atoms with E-state index in [1.54, 1.807) is 4.90 Å². The average molecular weight is 381 g/mol. The van der Waals surface area contributed by atoms with Crippen LogP contribution in [0.25, 0.3) is 0 Å². The minimum atomic E-state index is -3.40. The fourth-order valence-corrected chi connectivity index (χ4v) is 4.86. The van der Waals surface area contributed by atoms with Crippen LogP contribution < -0.4 is 0 Å². The van der Waals surface area contributed by atoms with Crippen LogP contribution in [0.5, 0.6) is 0 Å². The number of likely N-dealkylation sites (N-methyl/N-ethyl adjacent to an activating group) is 1. The van der Waals surface area contributed by atoms with Crippen molar-refractivity contribution in [3.05, 3.63) is 35.9 Å². The van der Waals surface area contributed by atoms with Gasteiger partial charge < -0.3 is 9.64 Å². The molecule has 0 N–H and O–H groups in total. The van der Waals surface area contributed by atoms with Gasteiger partial charge in [0.15, 0.2) is 0 Å². The summed E-state index contributed by atoms with van der Waals surface area (Å²) in [7, 11) is -1.34. The van der Waals surface area contributed by atoms with Gasteiger partial charge in [-0.05, 0) is 12.6 Å². The molecule has 0 saturated carbocycles. The second-order valence-corrected chi connectivity index (χ2v) is 8.91. The number of rotatable bonds is 5. The normalized spacial score (nSPS) is 23.1. The maximum atomic E-state index is 12.6. The number of morpholine rings is 1. The summed E-state index contributed by atoms with van der Waals surface area (Å²) >= 11 is 0. The zero-order chi connectivity index (χ0) is 18.6. The lowest BCUT2D eigenvalue weighted by Gasteiger charge is -2.40. The number of amides is 1. The first-order valence-electron chi connectivity index (χ1n) is 9.06. The van der Waals surface area contributed by atoms with Crippen molar-refractivity contribution in [3.8, 4) is 0 Å². The molecule has 2 heterocycles. The molecule has 0 aliphatic carbocycles. The summed E-state index contributed by atoms with van der Waals surface area (Å²) in [6.07, 6.45) is 0.0327. The van der Waals surface area contributed by atoms with E-state index in [1.807, 2.05) is 18.2 Å². The number of ether oxygens (including phenoxy) is 1. The third-order valence-corrected chi connectivity index (χ3v) is 6.99. The van der Waals surface area contributed by atoms with E-state index in [1.165, 1.54) is 9.87 Å². The van der Waals surface area contributed by atoms with Crippen molar-refractivity contribution < 1.29 is 17.9 Å². The van der Waals surface area contributed by atoms with Gasteiger partial charge in [-0.3, -0.25) is 9.69 Å². The summed E-state index contributed by atoms with van der Waals surface area (Å²) in [6.45, 7) is 3.60. The van der Waals surface area contributed by atoms with E-state index in [0.29, 0.717) is 39.4 Å². The van der Waals surface area contributed by atoms with Gasteiger partial charge in [-0.25, -0.2) is 8.42 Å². The van der Waals surface area contributed by atoms with Crippen LogP contribution in [0.1, 0.15) is 18.0 Å². The minimum Gasteiger partial charge on any atom is -0.379 e. The third kappa shape index (κ3) is 4.62. The van der Waals surface area contributed by atoms with E-state index in [2.05, 4.69) is 24.1 Å². The summed E-state index contributed by atoms with van der Waals surface area (Å²) in [4.78, 5) is 16.6. The SMILES string of the molecule is CN1CCN(C(=O)CCS(=O)(=O)N2CCOCC2)CC1c1ccccc1. The van der Waals surface area contributed by atoms with Crippen LogP contribution in [0.15, 0.2) is 30.3 Å². The molecule has 3 rings (SSSR count). The van der Waals surface area contributed by atoms with Gasteiger partial charge in [0.05, 0.1) is 25.0 Å². The quantitative estimate of drug-likeness (QED) is 0.745. The second-order valence-electron chi connectivity index (χ2n) is 6.82. The Bertz CT molecular complexity index is 704. The van der Waals surface area contributed by atoms with Crippen LogP contribution in [0, 0.1) is 0 Å². The van der Waals surface area contributed by atoms with Gasteiger partial charge in [0.1, 0.15) is 0 Å². The lowest BCUT2D eigenvalue weighted by atomic mass is 10.0. The van der Waals surface area contributed by atoms with Gasteiger partial charge in [0.25, 0.3) is 0 Å². The summed E-state index contributed by atoms with van der Waals surface area (Å²) in [5.74, 6) is -0.218. The largest absolute Gasteiger partial charge is 0.379 e. The maximum Gasteiger partial charge on any atom is 0.223 e. The zero-order valence-corrected chi connectivity index (χ0v) is 16.0. The van der Waals surface area contributed by atoms with Crippen LogP contribution in [0.4, 0.5) is 0 Å². The van der Waals surface area contributed by atoms with Crippen LogP contribution in [0.2, 0.25) is 0 Å². The molecule has 1 aromatic carbocycles. The summed E-state index contributed by atoms with van der Waals surface area (Å²) in [5, 5.41) is 0. The lowest BCUT2D eigenvalue weighted by molar-refractivity contribution is -0.133. The highest BCUT2D eigenvalue weighted by Gasteiger charge is 2.30. The van der Waals surface area contributed by atoms with Crippen molar-refractivity contribution in [2.45, 2.75) is 12.5 Å². The summed E-state index contributed by atoms with van der Waals surface area (Å²) in [5.41, 5.74) is 1.17. The number of hydrogen-bond donors (Lipinski definition) is 0. The molecule has 0 radical (unpaired) electrons. The molecule has 2 aliphatic rings. The average Bonchev–Trinajstić information content (AvgIpc) is 2.68. The van der Waals surface area contributed by atoms with Gasteiger partial charge >= 0.3 is 0 Å². The van der Waals surface area contributed by atoms with Crippen LogP contribution >= 0.6 is 0 Å². The molecule has 0 spiro atoms. The van der Waals surface area contributed by atoms with Crippen molar-refractivity contribution in [1.29, 1.82) is 0 Å². The number of hydrogen-bond acceptors (Lipinski definition) is 5. The van der Waals surface area contributed by atoms with Crippen molar-refractivity contribution in [2.24, 2.45) is 0 Å². The molecule has 1 amide bonds. The summed E-state index contributed by atoms with van der Waals surface area (Å²) in [6, 6.07) is 10.3. The van der Waals surface area contributed by atoms with Crippen molar-refractivity contribution in [1.82, 2.24) is 14.1 Å². The molecule has 0 aromatic heterocycles. The van der Waals surface area contributed by atoms with Gasteiger partial charge in [-0.1, -0.05) is 30.3 Å². The predicted octanol–water partition coefficient (Wildman–Crippen LogP) is 0.554. The number of benzene rings is 1. The highest BCUT2D eigenvalue weighted by atomic mass is 32.2. The number of sulfonamides is 1. The molecule has 0 bridgehead atoms. The Morgan fingerprint density at radius 2 is 1.81 bits per heavy atom. The Morgan fingerprint density at radius 3 is 2.50 bits per heavy atom. The first-order chi connectivity index (χ1) is 12.5. The maximum absolute atomic E-state index is 12.6. The van der Waals surface area contributed by atoms with Gasteiger partial charge in [-0.2, -0.15) is 4.31 Å². The molecule has 8 heteroatoms. The topological polar surface area (TPSA) is 70.2 Å². The van der Waals surface area contributed by atoms with E-state index in [-0.39, 0.29) is 24.1 Å². The molecular formula is C18H27N3O4S. The van der Waals surface area contributed by atoms with E-state index in [9.17, 15) is 13.2 Å². The molecule has 2 saturated heterocycles. The molecule has 144 valence electrons. The van der Waals surface area contributed by atoms with Crippen molar-refractivity contribution >= 4 is 15.9 Å². The first-order valence-corrected chi connectivity index (χ1v) is 10.7. The Morgan fingerprint density at radius 1 is 1.12 bits per heavy atom. The van der Waals surface area contributed by atoms with Gasteiger partial charge in [0.2, 0.25) is 15.9 Å². The second kappa shape index (κ2) is 8.47. The fraction of sp³-hybridized carbons (Fsp3) is 0.611. The number of carbonyl (C=O) groups is 1. The predicted molar refractivity (Wildman–Crippen MR) is 99.2 cm³/mol. The Hall–Kier alpha value is -1.48. The van der Waals surface area contributed by atoms with E-state index in [4.69, 9.17) is 4.74 Å². The lowest BCUT2D eigenvalue weighted by Crippen LogP contribution is -2.49. The Labute approximate surface area is 155 Å². The minimum absolute atomic E-state index is 0.0327. The van der Waals surface area contributed by atoms with Crippen molar-refractivity contribution in [2.75, 3.05) is 58.7 Å². The van der Waals surface area contributed by atoms with E-state index in [0.717, 1.165) is 6.54 Å². The Balaban J connectivity index is 1.57. The molecule has 1 aromatic rings. The molecular weight excluding hydrogens is 354 g/mol. The van der Waals surface area contributed by atoms with Crippen LogP contribution in [-0.4, -0.2) is 87.2 Å². The van der Waals surface area contributed by atoms with E-state index >= 15 is 0 Å². The molecule has 26 heavy (non-hydrogen) atoms. The standard InChI is InChI=1S/C18H27N3O4S/c1-19-8-9-20(15-17(19)16-5-3-2-4-6-16)18(22)7-14-26(23,24)21-10-12-25-13-11-21/h2-6,17H,7-15H2,1H3. The molecule has 2 fully saturated rings. The highest BCUT2D eigenvalue weighted by Crippen LogP contribution is 2.24. The molecule has 2 aliphatic heterocycles. The fourth-order valence-electron chi connectivity index (χ4n) is 3.46. The highest BCUT2D eigenvalue weighted by molar-refractivity contribution is 7.89. The van der Waals surface area contributed by atoms with Crippen LogP contribution in [0.3, 0.4) is 0 Å². The van der Waals surface area contributed by atoms with Gasteiger partial charge in [0, 0.05) is 39.1 Å². The molecule has 1 unspecified atom stereocenters. The monoisotopic (exact) mass is 381 g/mol. The summed E-state index contributed by atoms with van der Waals surface area (Å²) < 4.78 is 31.4. The van der Waals surface area contributed by atoms with E-state index < -0.39 is 10.0 Å². The molecule has 7 nitrogen and oxygen atoms in total. The smallest absolute Gasteiger partial charge is 0.223 e. The number of nitrogens with zero attached hydrogens (tertiary/aromatic N) is 3. The Kier molecular flexibility index (Phi) is 6.29. The van der Waals surface area contributed by atoms with Crippen molar-refractivity contribution in [3.63, 3.8) is 0 Å². The molecule has 1 atom stereocenters. The van der Waals surface area contributed by atoms with Gasteiger partial charge in [-0.15, -0.1) is 0 Å². The zero-order valence-electron chi connectivity index (χ0n) is 15.2. The number of piperazine rings is 1.